The van der Waals surface area contributed by atoms with E-state index in [-0.39, 0.29) is 30.6 Å². The van der Waals surface area contributed by atoms with Gasteiger partial charge in [0, 0.05) is 19.2 Å². The Labute approximate surface area is 165 Å². The van der Waals surface area contributed by atoms with E-state index in [2.05, 4.69) is 16.7 Å². The molecular formula is C20H21FN6O2. The Morgan fingerprint density at radius 3 is 2.69 bits per heavy atom. The number of benzene rings is 1. The summed E-state index contributed by atoms with van der Waals surface area (Å²) in [5.41, 5.74) is 0.875. The molecule has 3 aromatic rings. The standard InChI is InChI=1S/C20H21FN6O2/c1-5-10-25-18(28)16-17(24(4)20(25)29)22-19-26(23-12(2)13(3)27(16)19)11-14-8-6-7-9-15(14)21/h5-9,13H,1,10-11H2,2-4H3/t13-/m0/s1. The highest BCUT2D eigenvalue weighted by atomic mass is 19.1. The Kier molecular flexibility index (Phi) is 4.45. The third-order valence-electron chi connectivity index (χ3n) is 5.25. The van der Waals surface area contributed by atoms with Gasteiger partial charge in [-0.1, -0.05) is 24.3 Å². The number of halogens is 1. The van der Waals surface area contributed by atoms with E-state index in [1.54, 1.807) is 34.8 Å². The molecule has 0 amide bonds. The van der Waals surface area contributed by atoms with E-state index in [0.29, 0.717) is 17.0 Å². The van der Waals surface area contributed by atoms with E-state index in [4.69, 9.17) is 0 Å². The number of rotatable bonds is 4. The van der Waals surface area contributed by atoms with Crippen molar-refractivity contribution in [2.24, 2.45) is 12.1 Å². The van der Waals surface area contributed by atoms with Gasteiger partial charge in [-0.2, -0.15) is 10.1 Å². The molecular weight excluding hydrogens is 375 g/mol. The van der Waals surface area contributed by atoms with Crippen molar-refractivity contribution in [3.63, 3.8) is 0 Å². The lowest BCUT2D eigenvalue weighted by Gasteiger charge is -2.29. The maximum Gasteiger partial charge on any atom is 0.332 e. The molecule has 1 atom stereocenters. The summed E-state index contributed by atoms with van der Waals surface area (Å²) in [7, 11) is 1.57. The van der Waals surface area contributed by atoms with Crippen LogP contribution in [0.5, 0.6) is 0 Å². The number of hydrogen-bond acceptors (Lipinski definition) is 5. The molecule has 3 heterocycles. The molecule has 1 aromatic carbocycles. The summed E-state index contributed by atoms with van der Waals surface area (Å²) in [6, 6.07) is 6.20. The van der Waals surface area contributed by atoms with Crippen LogP contribution < -0.4 is 16.3 Å². The Balaban J connectivity index is 1.98. The topological polar surface area (TPSA) is 77.4 Å². The number of hydrogen-bond donors (Lipinski definition) is 0. The number of fused-ring (bicyclic) bond motifs is 3. The SMILES string of the molecule is C=CCn1c(=O)c2c(nc3n2[C@@H](C)C(C)=NN3Cc2ccccc2F)n(C)c1=O. The second-order valence-corrected chi connectivity index (χ2v) is 7.07. The van der Waals surface area contributed by atoms with Crippen molar-refractivity contribution in [1.82, 2.24) is 18.7 Å². The largest absolute Gasteiger partial charge is 0.332 e. The summed E-state index contributed by atoms with van der Waals surface area (Å²) in [6.45, 7) is 7.63. The molecule has 0 fully saturated rings. The van der Waals surface area contributed by atoms with E-state index in [1.165, 1.54) is 16.7 Å². The molecule has 0 N–H and O–H groups in total. The van der Waals surface area contributed by atoms with Crippen molar-refractivity contribution in [1.29, 1.82) is 0 Å². The minimum atomic E-state index is -0.469. The summed E-state index contributed by atoms with van der Waals surface area (Å²) in [5, 5.41) is 6.13. The van der Waals surface area contributed by atoms with Crippen molar-refractivity contribution in [3.8, 4) is 0 Å². The predicted molar refractivity (Wildman–Crippen MR) is 110 cm³/mol. The summed E-state index contributed by atoms with van der Waals surface area (Å²) < 4.78 is 18.4. The summed E-state index contributed by atoms with van der Waals surface area (Å²) in [4.78, 5) is 30.3. The lowest BCUT2D eigenvalue weighted by molar-refractivity contribution is 0.591. The minimum Gasteiger partial charge on any atom is -0.294 e. The average molecular weight is 396 g/mol. The van der Waals surface area contributed by atoms with Crippen molar-refractivity contribution >= 4 is 22.8 Å². The van der Waals surface area contributed by atoms with Gasteiger partial charge >= 0.3 is 5.69 Å². The van der Waals surface area contributed by atoms with Crippen molar-refractivity contribution in [2.45, 2.75) is 33.0 Å². The number of nitrogens with zero attached hydrogens (tertiary/aromatic N) is 6. The Hall–Kier alpha value is -3.49. The number of anilines is 1. The number of imidazole rings is 1. The number of allylic oxidation sites excluding steroid dienone is 1. The Morgan fingerprint density at radius 2 is 2.00 bits per heavy atom. The van der Waals surface area contributed by atoms with Gasteiger partial charge in [0.05, 0.1) is 18.3 Å². The molecule has 29 heavy (non-hydrogen) atoms. The Morgan fingerprint density at radius 1 is 1.28 bits per heavy atom. The highest BCUT2D eigenvalue weighted by molar-refractivity contribution is 5.91. The molecule has 0 bridgehead atoms. The van der Waals surface area contributed by atoms with Gasteiger partial charge in [-0.3, -0.25) is 18.5 Å². The van der Waals surface area contributed by atoms with E-state index < -0.39 is 11.2 Å². The molecule has 9 heteroatoms. The third kappa shape index (κ3) is 2.81. The second-order valence-electron chi connectivity index (χ2n) is 7.07. The normalized spacial score (nSPS) is 16.1. The minimum absolute atomic E-state index is 0.0996. The molecule has 0 aliphatic carbocycles. The zero-order chi connectivity index (χ0) is 20.9. The van der Waals surface area contributed by atoms with Crippen LogP contribution in [0.2, 0.25) is 0 Å². The van der Waals surface area contributed by atoms with Crippen LogP contribution in [0, 0.1) is 5.82 Å². The van der Waals surface area contributed by atoms with E-state index in [0.717, 1.165) is 10.3 Å². The number of aromatic nitrogens is 4. The average Bonchev–Trinajstić information content (AvgIpc) is 3.10. The quantitative estimate of drug-likeness (QED) is 0.634. The fourth-order valence-electron chi connectivity index (χ4n) is 3.57. The van der Waals surface area contributed by atoms with E-state index >= 15 is 0 Å². The molecule has 8 nitrogen and oxygen atoms in total. The number of aryl methyl sites for hydroxylation is 1. The van der Waals surface area contributed by atoms with Gasteiger partial charge in [-0.15, -0.1) is 6.58 Å². The maximum absolute atomic E-state index is 14.2. The molecule has 4 rings (SSSR count). The Bertz CT molecular complexity index is 1280. The van der Waals surface area contributed by atoms with Crippen LogP contribution in [0.25, 0.3) is 11.2 Å². The van der Waals surface area contributed by atoms with Gasteiger partial charge in [0.15, 0.2) is 11.2 Å². The summed E-state index contributed by atoms with van der Waals surface area (Å²) in [5.74, 6) is 0.0483. The molecule has 2 aromatic heterocycles. The van der Waals surface area contributed by atoms with Crippen LogP contribution >= 0.6 is 0 Å². The first-order chi connectivity index (χ1) is 13.8. The van der Waals surface area contributed by atoms with Gasteiger partial charge in [0.1, 0.15) is 5.82 Å². The first-order valence-corrected chi connectivity index (χ1v) is 9.23. The molecule has 1 aliphatic heterocycles. The van der Waals surface area contributed by atoms with Crippen LogP contribution in [-0.4, -0.2) is 24.4 Å². The fraction of sp³-hybridized carbons (Fsp3) is 0.300. The van der Waals surface area contributed by atoms with Crippen molar-refractivity contribution in [2.75, 3.05) is 5.01 Å². The van der Waals surface area contributed by atoms with Crippen molar-refractivity contribution < 1.29 is 4.39 Å². The second kappa shape index (κ2) is 6.84. The highest BCUT2D eigenvalue weighted by Crippen LogP contribution is 2.31. The first-order valence-electron chi connectivity index (χ1n) is 9.23. The smallest absolute Gasteiger partial charge is 0.294 e. The van der Waals surface area contributed by atoms with Crippen LogP contribution in [0.4, 0.5) is 10.3 Å². The lowest BCUT2D eigenvalue weighted by Crippen LogP contribution is -2.40. The van der Waals surface area contributed by atoms with Crippen LogP contribution in [-0.2, 0) is 20.1 Å². The summed E-state index contributed by atoms with van der Waals surface area (Å²) in [6.07, 6.45) is 1.50. The van der Waals surface area contributed by atoms with Crippen LogP contribution in [0.15, 0.2) is 51.6 Å². The molecule has 0 radical (unpaired) electrons. The third-order valence-corrected chi connectivity index (χ3v) is 5.25. The van der Waals surface area contributed by atoms with Gasteiger partial charge in [0.25, 0.3) is 5.56 Å². The van der Waals surface area contributed by atoms with E-state index in [1.807, 2.05) is 13.8 Å². The van der Waals surface area contributed by atoms with Crippen LogP contribution in [0.3, 0.4) is 0 Å². The van der Waals surface area contributed by atoms with Crippen molar-refractivity contribution in [3.05, 3.63) is 69.1 Å². The monoisotopic (exact) mass is 396 g/mol. The molecule has 150 valence electrons. The van der Waals surface area contributed by atoms with Gasteiger partial charge < -0.3 is 0 Å². The van der Waals surface area contributed by atoms with Gasteiger partial charge in [-0.05, 0) is 19.9 Å². The summed E-state index contributed by atoms with van der Waals surface area (Å²) >= 11 is 0. The van der Waals surface area contributed by atoms with Gasteiger partial charge in [0.2, 0.25) is 5.95 Å². The van der Waals surface area contributed by atoms with Crippen LogP contribution in [0.1, 0.15) is 25.5 Å². The zero-order valence-corrected chi connectivity index (χ0v) is 16.5. The highest BCUT2D eigenvalue weighted by Gasteiger charge is 2.30. The predicted octanol–water partition coefficient (Wildman–Crippen LogP) is 2.18. The zero-order valence-electron chi connectivity index (χ0n) is 16.5. The molecule has 0 spiro atoms. The first kappa shape index (κ1) is 18.9. The maximum atomic E-state index is 14.2. The molecule has 1 aliphatic rings. The molecule has 0 saturated heterocycles. The van der Waals surface area contributed by atoms with E-state index in [9.17, 15) is 14.0 Å². The molecule has 0 saturated carbocycles. The lowest BCUT2D eigenvalue weighted by atomic mass is 10.2. The number of hydrazone groups is 1. The fourth-order valence-corrected chi connectivity index (χ4v) is 3.57. The van der Waals surface area contributed by atoms with Gasteiger partial charge in [-0.25, -0.2) is 14.2 Å². The molecule has 0 unspecified atom stereocenters.